The summed E-state index contributed by atoms with van der Waals surface area (Å²) in [6.45, 7) is 2.11. The number of carbonyl (C=O) groups excluding carboxylic acids is 2. The van der Waals surface area contributed by atoms with E-state index in [9.17, 15) is 9.59 Å². The number of nitrogens with one attached hydrogen (secondary N) is 1. The van der Waals surface area contributed by atoms with E-state index in [0.717, 1.165) is 29.7 Å². The maximum Gasteiger partial charge on any atom is 0.260 e. The Kier molecular flexibility index (Phi) is 3.36. The van der Waals surface area contributed by atoms with E-state index < -0.39 is 0 Å². The average molecular weight is 246 g/mol. The number of carbonyl (C=O) groups is 2. The lowest BCUT2D eigenvalue weighted by Gasteiger charge is -2.24. The molecule has 0 spiro atoms. The van der Waals surface area contributed by atoms with Crippen molar-refractivity contribution < 1.29 is 9.59 Å². The Morgan fingerprint density at radius 2 is 2.06 bits per heavy atom. The minimum absolute atomic E-state index is 0.141. The number of fused-ring (bicyclic) bond motifs is 1. The molecule has 0 saturated heterocycles. The molecule has 0 bridgehead atoms. The highest BCUT2D eigenvalue weighted by molar-refractivity contribution is 6.09. The van der Waals surface area contributed by atoms with Crippen molar-refractivity contribution in [1.82, 2.24) is 4.90 Å². The average Bonchev–Trinajstić information content (AvgIpc) is 2.37. The highest BCUT2D eigenvalue weighted by atomic mass is 16.2. The minimum Gasteiger partial charge on any atom is -0.388 e. The van der Waals surface area contributed by atoms with Crippen LogP contribution in [0.25, 0.3) is 0 Å². The molecule has 1 aliphatic heterocycles. The van der Waals surface area contributed by atoms with Crippen LogP contribution in [-0.4, -0.2) is 30.8 Å². The summed E-state index contributed by atoms with van der Waals surface area (Å²) >= 11 is 0. The highest BCUT2D eigenvalue weighted by Crippen LogP contribution is 2.27. The molecule has 0 atom stereocenters. The first-order chi connectivity index (χ1) is 8.58. The van der Waals surface area contributed by atoms with Gasteiger partial charge in [0.25, 0.3) is 5.91 Å². The van der Waals surface area contributed by atoms with Gasteiger partial charge in [0.15, 0.2) is 0 Å². The number of amides is 2. The van der Waals surface area contributed by atoms with Gasteiger partial charge in [-0.3, -0.25) is 14.5 Å². The van der Waals surface area contributed by atoms with Crippen LogP contribution in [0.15, 0.2) is 12.1 Å². The molecule has 1 aliphatic rings. The molecule has 0 aromatic heterocycles. The van der Waals surface area contributed by atoms with Gasteiger partial charge in [0.2, 0.25) is 5.91 Å². The highest BCUT2D eigenvalue weighted by Gasteiger charge is 2.28. The zero-order chi connectivity index (χ0) is 13.3. The van der Waals surface area contributed by atoms with Crippen molar-refractivity contribution in [2.75, 3.05) is 19.4 Å². The van der Waals surface area contributed by atoms with Gasteiger partial charge in [0, 0.05) is 25.3 Å². The molecule has 2 amide bonds. The predicted octanol–water partition coefficient (Wildman–Crippen LogP) is 1.84. The number of hydrogen-bond donors (Lipinski definition) is 1. The fraction of sp³-hybridized carbons (Fsp3) is 0.429. The fourth-order valence-electron chi connectivity index (χ4n) is 2.32. The van der Waals surface area contributed by atoms with Gasteiger partial charge >= 0.3 is 0 Å². The van der Waals surface area contributed by atoms with Crippen molar-refractivity contribution in [2.24, 2.45) is 0 Å². The smallest absolute Gasteiger partial charge is 0.260 e. The minimum atomic E-state index is -0.193. The van der Waals surface area contributed by atoms with E-state index in [1.54, 1.807) is 7.05 Å². The van der Waals surface area contributed by atoms with E-state index in [1.165, 1.54) is 4.90 Å². The van der Waals surface area contributed by atoms with Crippen LogP contribution >= 0.6 is 0 Å². The molecule has 1 aromatic carbocycles. The lowest BCUT2D eigenvalue weighted by Crippen LogP contribution is -2.39. The third-order valence-electron chi connectivity index (χ3n) is 3.37. The summed E-state index contributed by atoms with van der Waals surface area (Å²) in [5.41, 5.74) is 3.64. The maximum absolute atomic E-state index is 12.1. The molecule has 4 heteroatoms. The van der Waals surface area contributed by atoms with Gasteiger partial charge in [-0.05, 0) is 29.7 Å². The van der Waals surface area contributed by atoms with E-state index in [-0.39, 0.29) is 11.8 Å². The van der Waals surface area contributed by atoms with Crippen LogP contribution in [-0.2, 0) is 17.6 Å². The monoisotopic (exact) mass is 246 g/mol. The Balaban J connectivity index is 2.52. The molecule has 0 fully saturated rings. The van der Waals surface area contributed by atoms with Crippen LogP contribution in [0.3, 0.4) is 0 Å². The number of hydrogen-bond acceptors (Lipinski definition) is 3. The molecular weight excluding hydrogens is 228 g/mol. The van der Waals surface area contributed by atoms with Crippen molar-refractivity contribution in [3.05, 3.63) is 28.8 Å². The largest absolute Gasteiger partial charge is 0.388 e. The normalized spacial score (nSPS) is 14.7. The quantitative estimate of drug-likeness (QED) is 0.828. The topological polar surface area (TPSA) is 49.4 Å². The summed E-state index contributed by atoms with van der Waals surface area (Å²) in [5, 5.41) is 3.14. The summed E-state index contributed by atoms with van der Waals surface area (Å²) in [6, 6.07) is 3.86. The molecule has 18 heavy (non-hydrogen) atoms. The van der Waals surface area contributed by atoms with Crippen LogP contribution in [0.5, 0.6) is 0 Å². The van der Waals surface area contributed by atoms with E-state index >= 15 is 0 Å². The second-order valence-electron chi connectivity index (χ2n) is 4.60. The van der Waals surface area contributed by atoms with Gasteiger partial charge in [-0.25, -0.2) is 0 Å². The molecule has 0 aliphatic carbocycles. The molecule has 0 unspecified atom stereocenters. The van der Waals surface area contributed by atoms with E-state index in [1.807, 2.05) is 19.2 Å². The van der Waals surface area contributed by atoms with Crippen LogP contribution < -0.4 is 5.32 Å². The van der Waals surface area contributed by atoms with Gasteiger partial charge in [0.05, 0.1) is 6.42 Å². The SMILES string of the molecule is CCCc1cc2c(cc1NC)CC(=O)N(C)C2=O. The second-order valence-corrected chi connectivity index (χ2v) is 4.60. The first-order valence-electron chi connectivity index (χ1n) is 6.23. The number of aryl methyl sites for hydroxylation is 1. The van der Waals surface area contributed by atoms with Crippen molar-refractivity contribution in [3.63, 3.8) is 0 Å². The van der Waals surface area contributed by atoms with Crippen molar-refractivity contribution in [1.29, 1.82) is 0 Å². The number of likely N-dealkylation sites (N-methyl/N-ethyl adjacent to an activating group) is 1. The molecule has 0 saturated carbocycles. The van der Waals surface area contributed by atoms with Crippen molar-refractivity contribution in [2.45, 2.75) is 26.2 Å². The van der Waals surface area contributed by atoms with Crippen LogP contribution in [0, 0.1) is 0 Å². The molecule has 1 N–H and O–H groups in total. The number of benzene rings is 1. The third-order valence-corrected chi connectivity index (χ3v) is 3.37. The Labute approximate surface area is 107 Å². The Morgan fingerprint density at radius 3 is 2.67 bits per heavy atom. The fourth-order valence-corrected chi connectivity index (χ4v) is 2.32. The van der Waals surface area contributed by atoms with Crippen LogP contribution in [0.1, 0.15) is 34.8 Å². The predicted molar refractivity (Wildman–Crippen MR) is 70.8 cm³/mol. The maximum atomic E-state index is 12.1. The first-order valence-corrected chi connectivity index (χ1v) is 6.23. The number of nitrogens with zero attached hydrogens (tertiary/aromatic N) is 1. The molecule has 1 aromatic rings. The van der Waals surface area contributed by atoms with Crippen molar-refractivity contribution in [3.8, 4) is 0 Å². The van der Waals surface area contributed by atoms with E-state index in [4.69, 9.17) is 0 Å². The first kappa shape index (κ1) is 12.6. The Bertz CT molecular complexity index is 509. The van der Waals surface area contributed by atoms with Crippen LogP contribution in [0.2, 0.25) is 0 Å². The van der Waals surface area contributed by atoms with Crippen molar-refractivity contribution >= 4 is 17.5 Å². The lowest BCUT2D eigenvalue weighted by molar-refractivity contribution is -0.127. The summed E-state index contributed by atoms with van der Waals surface area (Å²) in [5.74, 6) is -0.334. The van der Waals surface area contributed by atoms with Gasteiger partial charge in [0.1, 0.15) is 0 Å². The van der Waals surface area contributed by atoms with Crippen LogP contribution in [0.4, 0.5) is 5.69 Å². The summed E-state index contributed by atoms with van der Waals surface area (Å²) < 4.78 is 0. The molecule has 96 valence electrons. The van der Waals surface area contributed by atoms with E-state index in [2.05, 4.69) is 12.2 Å². The summed E-state index contributed by atoms with van der Waals surface area (Å²) in [7, 11) is 3.40. The number of rotatable bonds is 3. The molecule has 2 rings (SSSR count). The molecule has 0 radical (unpaired) electrons. The zero-order valence-electron chi connectivity index (χ0n) is 11.0. The number of imide groups is 1. The van der Waals surface area contributed by atoms with Gasteiger partial charge in [-0.2, -0.15) is 0 Å². The number of anilines is 1. The molecule has 4 nitrogen and oxygen atoms in total. The molecule has 1 heterocycles. The summed E-state index contributed by atoms with van der Waals surface area (Å²) in [4.78, 5) is 24.9. The molecular formula is C14H18N2O2. The van der Waals surface area contributed by atoms with Gasteiger partial charge in [-0.15, -0.1) is 0 Å². The van der Waals surface area contributed by atoms with Gasteiger partial charge in [-0.1, -0.05) is 13.3 Å². The second kappa shape index (κ2) is 4.80. The van der Waals surface area contributed by atoms with E-state index in [0.29, 0.717) is 12.0 Å². The standard InChI is InChI=1S/C14H18N2O2/c1-4-5-9-6-11-10(7-12(9)15-2)8-13(17)16(3)14(11)18/h6-7,15H,4-5,8H2,1-3H3. The Morgan fingerprint density at radius 1 is 1.33 bits per heavy atom. The third kappa shape index (κ3) is 1.98. The Hall–Kier alpha value is -1.84. The lowest BCUT2D eigenvalue weighted by atomic mass is 9.93. The summed E-state index contributed by atoms with van der Waals surface area (Å²) in [6.07, 6.45) is 2.25. The zero-order valence-corrected chi connectivity index (χ0v) is 11.0. The van der Waals surface area contributed by atoms with Gasteiger partial charge < -0.3 is 5.32 Å².